The summed E-state index contributed by atoms with van der Waals surface area (Å²) in [6.07, 6.45) is 3.91. The zero-order valence-electron chi connectivity index (χ0n) is 13.2. The average Bonchev–Trinajstić information content (AvgIpc) is 3.03. The third-order valence-electron chi connectivity index (χ3n) is 4.64. The number of halogens is 1. The lowest BCUT2D eigenvalue weighted by Crippen LogP contribution is -2.34. The van der Waals surface area contributed by atoms with Crippen LogP contribution in [0.15, 0.2) is 29.2 Å². The predicted molar refractivity (Wildman–Crippen MR) is 92.7 cm³/mol. The number of rotatable bonds is 3. The van der Waals surface area contributed by atoms with E-state index in [4.69, 9.17) is 16.3 Å². The summed E-state index contributed by atoms with van der Waals surface area (Å²) in [6.45, 7) is 3.37. The van der Waals surface area contributed by atoms with E-state index in [-0.39, 0.29) is 16.7 Å². The molecule has 7 heteroatoms. The molecule has 2 aliphatic heterocycles. The molecule has 0 bridgehead atoms. The van der Waals surface area contributed by atoms with Gasteiger partial charge in [-0.05, 0) is 37.6 Å². The Bertz CT molecular complexity index is 801. The van der Waals surface area contributed by atoms with E-state index < -0.39 is 0 Å². The first-order valence-electron chi connectivity index (χ1n) is 8.18. The Hall–Kier alpha value is -2.05. The topological polar surface area (TPSA) is 70.2 Å². The van der Waals surface area contributed by atoms with Gasteiger partial charge >= 0.3 is 0 Å². The molecule has 0 atom stereocenters. The van der Waals surface area contributed by atoms with Crippen LogP contribution in [0, 0.1) is 0 Å². The number of hydrogen-bond acceptors (Lipinski definition) is 5. The number of anilines is 1. The second-order valence-corrected chi connectivity index (χ2v) is 6.59. The number of fused-ring (bicyclic) bond motifs is 1. The molecule has 0 saturated carbocycles. The minimum Gasteiger partial charge on any atom is -0.490 e. The summed E-state index contributed by atoms with van der Waals surface area (Å²) in [7, 11) is 0. The van der Waals surface area contributed by atoms with Crippen LogP contribution in [0.4, 0.5) is 5.69 Å². The number of hydrogen-bond donors (Lipinski definition) is 2. The minimum atomic E-state index is -0.365. The predicted octanol–water partition coefficient (Wildman–Crippen LogP) is 2.07. The molecule has 0 amide bonds. The van der Waals surface area contributed by atoms with E-state index in [0.29, 0.717) is 18.8 Å². The monoisotopic (exact) mass is 346 g/mol. The third kappa shape index (κ3) is 2.87. The van der Waals surface area contributed by atoms with Crippen LogP contribution in [0.1, 0.15) is 24.0 Å². The van der Waals surface area contributed by atoms with Crippen LogP contribution in [0.3, 0.4) is 0 Å². The third-order valence-corrected chi connectivity index (χ3v) is 5.00. The van der Waals surface area contributed by atoms with Crippen LogP contribution in [-0.4, -0.2) is 29.4 Å². The van der Waals surface area contributed by atoms with Gasteiger partial charge in [-0.2, -0.15) is 5.10 Å². The lowest BCUT2D eigenvalue weighted by atomic mass is 10.1. The maximum Gasteiger partial charge on any atom is 0.285 e. The van der Waals surface area contributed by atoms with Gasteiger partial charge in [0.15, 0.2) is 0 Å². The summed E-state index contributed by atoms with van der Waals surface area (Å²) in [5.74, 6) is 0.941. The van der Waals surface area contributed by atoms with Crippen molar-refractivity contribution >= 4 is 17.3 Å². The number of benzene rings is 1. The van der Waals surface area contributed by atoms with Crippen molar-refractivity contribution in [3.8, 4) is 5.75 Å². The summed E-state index contributed by atoms with van der Waals surface area (Å²) in [4.78, 5) is 13.8. The van der Waals surface area contributed by atoms with E-state index in [1.165, 1.54) is 11.1 Å². The molecule has 1 aromatic carbocycles. The van der Waals surface area contributed by atoms with Gasteiger partial charge in [-0.25, -0.2) is 5.10 Å². The van der Waals surface area contributed by atoms with Crippen molar-refractivity contribution in [2.75, 3.05) is 18.0 Å². The van der Waals surface area contributed by atoms with Crippen LogP contribution in [-0.2, 0) is 13.1 Å². The highest BCUT2D eigenvalue weighted by Gasteiger charge is 2.26. The molecule has 2 aliphatic rings. The fourth-order valence-corrected chi connectivity index (χ4v) is 3.57. The van der Waals surface area contributed by atoms with E-state index in [2.05, 4.69) is 26.5 Å². The zero-order chi connectivity index (χ0) is 16.5. The Labute approximate surface area is 144 Å². The van der Waals surface area contributed by atoms with Crippen molar-refractivity contribution in [3.05, 3.63) is 50.9 Å². The number of aromatic amines is 1. The fraction of sp³-hybridized carbons (Fsp3) is 0.412. The first kappa shape index (κ1) is 15.5. The Morgan fingerprint density at radius 1 is 1.25 bits per heavy atom. The standard InChI is InChI=1S/C17H19ClN4O2/c18-16-14(8-20-21-17(16)23)22-9-11-2-1-3-15(13(11)10-22)24-12-4-6-19-7-5-12/h1-3,8,12,19H,4-7,9-10H2,(H,21,23). The quantitative estimate of drug-likeness (QED) is 0.890. The Balaban J connectivity index is 1.59. The molecule has 0 spiro atoms. The highest BCUT2D eigenvalue weighted by Crippen LogP contribution is 2.36. The van der Waals surface area contributed by atoms with E-state index in [1.54, 1.807) is 6.20 Å². The van der Waals surface area contributed by atoms with Gasteiger partial charge in [0.2, 0.25) is 0 Å². The van der Waals surface area contributed by atoms with Crippen LogP contribution in [0.2, 0.25) is 5.02 Å². The molecule has 1 saturated heterocycles. The normalized spacial score (nSPS) is 17.8. The largest absolute Gasteiger partial charge is 0.490 e. The van der Waals surface area contributed by atoms with Crippen molar-refractivity contribution in [3.63, 3.8) is 0 Å². The Morgan fingerprint density at radius 2 is 2.08 bits per heavy atom. The summed E-state index contributed by atoms with van der Waals surface area (Å²) in [6, 6.07) is 6.15. The molecular formula is C17H19ClN4O2. The van der Waals surface area contributed by atoms with Crippen LogP contribution < -0.4 is 20.5 Å². The summed E-state index contributed by atoms with van der Waals surface area (Å²) < 4.78 is 6.25. The molecule has 6 nitrogen and oxygen atoms in total. The second-order valence-electron chi connectivity index (χ2n) is 6.22. The molecular weight excluding hydrogens is 328 g/mol. The molecule has 1 aromatic heterocycles. The highest BCUT2D eigenvalue weighted by molar-refractivity contribution is 6.33. The van der Waals surface area contributed by atoms with Crippen LogP contribution in [0.25, 0.3) is 0 Å². The van der Waals surface area contributed by atoms with Gasteiger partial charge < -0.3 is 15.0 Å². The number of aromatic nitrogens is 2. The van der Waals surface area contributed by atoms with Crippen molar-refractivity contribution < 1.29 is 4.74 Å². The van der Waals surface area contributed by atoms with Crippen molar-refractivity contribution in [1.82, 2.24) is 15.5 Å². The van der Waals surface area contributed by atoms with Crippen molar-refractivity contribution in [2.24, 2.45) is 0 Å². The minimum absolute atomic E-state index is 0.179. The van der Waals surface area contributed by atoms with E-state index >= 15 is 0 Å². The molecule has 2 aromatic rings. The maximum atomic E-state index is 11.7. The smallest absolute Gasteiger partial charge is 0.285 e. The maximum absolute atomic E-state index is 11.7. The number of piperidine rings is 1. The lowest BCUT2D eigenvalue weighted by Gasteiger charge is -2.25. The molecule has 3 heterocycles. The fourth-order valence-electron chi connectivity index (χ4n) is 3.36. The van der Waals surface area contributed by atoms with Gasteiger partial charge in [0.05, 0.1) is 11.9 Å². The van der Waals surface area contributed by atoms with Gasteiger partial charge in [-0.15, -0.1) is 0 Å². The highest BCUT2D eigenvalue weighted by atomic mass is 35.5. The lowest BCUT2D eigenvalue weighted by molar-refractivity contribution is 0.161. The van der Waals surface area contributed by atoms with E-state index in [0.717, 1.165) is 31.7 Å². The molecule has 0 aliphatic carbocycles. The molecule has 0 unspecified atom stereocenters. The van der Waals surface area contributed by atoms with E-state index in [9.17, 15) is 4.79 Å². The molecule has 126 valence electrons. The van der Waals surface area contributed by atoms with Crippen LogP contribution in [0.5, 0.6) is 5.75 Å². The molecule has 0 radical (unpaired) electrons. The number of nitrogens with zero attached hydrogens (tertiary/aromatic N) is 2. The van der Waals surface area contributed by atoms with Crippen molar-refractivity contribution in [2.45, 2.75) is 32.0 Å². The Morgan fingerprint density at radius 3 is 2.92 bits per heavy atom. The molecule has 4 rings (SSSR count). The van der Waals surface area contributed by atoms with Crippen molar-refractivity contribution in [1.29, 1.82) is 0 Å². The molecule has 1 fully saturated rings. The summed E-state index contributed by atoms with van der Waals surface area (Å²) in [5, 5.41) is 9.75. The van der Waals surface area contributed by atoms with Gasteiger partial charge in [0.25, 0.3) is 5.56 Å². The SMILES string of the molecule is O=c1[nH]ncc(N2Cc3cccc(OC4CCNCC4)c3C2)c1Cl. The average molecular weight is 347 g/mol. The van der Waals surface area contributed by atoms with Crippen LogP contribution >= 0.6 is 11.6 Å². The zero-order valence-corrected chi connectivity index (χ0v) is 14.0. The number of H-pyrrole nitrogens is 1. The Kier molecular flexibility index (Phi) is 4.16. The second kappa shape index (κ2) is 6.45. The van der Waals surface area contributed by atoms with Gasteiger partial charge in [-0.1, -0.05) is 23.7 Å². The number of nitrogens with one attached hydrogen (secondary N) is 2. The van der Waals surface area contributed by atoms with Gasteiger partial charge in [-0.3, -0.25) is 4.79 Å². The van der Waals surface area contributed by atoms with Gasteiger partial charge in [0.1, 0.15) is 16.9 Å². The van der Waals surface area contributed by atoms with E-state index in [1.807, 2.05) is 12.1 Å². The first-order valence-corrected chi connectivity index (χ1v) is 8.56. The summed E-state index contributed by atoms with van der Waals surface area (Å²) >= 11 is 6.15. The molecule has 2 N–H and O–H groups in total. The van der Waals surface area contributed by atoms with Gasteiger partial charge in [0, 0.05) is 18.7 Å². The first-order chi connectivity index (χ1) is 11.7. The summed E-state index contributed by atoms with van der Waals surface area (Å²) in [5.41, 5.74) is 2.67. The number of ether oxygens (including phenoxy) is 1. The molecule has 24 heavy (non-hydrogen) atoms.